The Labute approximate surface area is 104 Å². The summed E-state index contributed by atoms with van der Waals surface area (Å²) < 4.78 is 0. The van der Waals surface area contributed by atoms with Crippen LogP contribution in [-0.4, -0.2) is 48.2 Å². The minimum Gasteiger partial charge on any atom is -0.395 e. The first kappa shape index (κ1) is 14.5. The molecule has 0 spiro atoms. The van der Waals surface area contributed by atoms with Crippen molar-refractivity contribution in [1.29, 1.82) is 0 Å². The first-order chi connectivity index (χ1) is 8.01. The van der Waals surface area contributed by atoms with E-state index in [0.717, 1.165) is 25.9 Å². The van der Waals surface area contributed by atoms with Crippen molar-refractivity contribution in [2.75, 3.05) is 26.2 Å². The molecule has 1 heterocycles. The van der Waals surface area contributed by atoms with Gasteiger partial charge in [-0.05, 0) is 25.8 Å². The minimum absolute atomic E-state index is 0.0399. The molecule has 1 atom stereocenters. The second-order valence-electron chi connectivity index (χ2n) is 5.51. The lowest BCUT2D eigenvalue weighted by Gasteiger charge is -2.32. The highest BCUT2D eigenvalue weighted by molar-refractivity contribution is 5.81. The Hall–Kier alpha value is -0.610. The van der Waals surface area contributed by atoms with E-state index in [4.69, 9.17) is 5.11 Å². The van der Waals surface area contributed by atoms with E-state index in [1.807, 2.05) is 25.7 Å². The lowest BCUT2D eigenvalue weighted by molar-refractivity contribution is -0.141. The molecule has 0 aromatic carbocycles. The summed E-state index contributed by atoms with van der Waals surface area (Å²) in [5, 5.41) is 12.5. The quantitative estimate of drug-likeness (QED) is 0.730. The van der Waals surface area contributed by atoms with Crippen LogP contribution in [0.3, 0.4) is 0 Å². The number of nitrogens with zero attached hydrogens (tertiary/aromatic N) is 1. The molecule has 100 valence electrons. The minimum atomic E-state index is -0.326. The van der Waals surface area contributed by atoms with Gasteiger partial charge in [-0.15, -0.1) is 0 Å². The SMILES string of the molecule is CCC(C)(C)C(=O)N(CCO)CC1CCCN1. The van der Waals surface area contributed by atoms with Gasteiger partial charge in [0.2, 0.25) is 5.91 Å². The molecule has 2 N–H and O–H groups in total. The Morgan fingerprint density at radius 2 is 2.24 bits per heavy atom. The molecule has 0 bridgehead atoms. The van der Waals surface area contributed by atoms with Crippen molar-refractivity contribution in [3.05, 3.63) is 0 Å². The van der Waals surface area contributed by atoms with Gasteiger partial charge in [0.05, 0.1) is 6.61 Å². The fraction of sp³-hybridized carbons (Fsp3) is 0.923. The monoisotopic (exact) mass is 242 g/mol. The molecule has 0 radical (unpaired) electrons. The average molecular weight is 242 g/mol. The number of carbonyl (C=O) groups excluding carboxylic acids is 1. The Bertz CT molecular complexity index is 248. The molecule has 17 heavy (non-hydrogen) atoms. The zero-order valence-corrected chi connectivity index (χ0v) is 11.3. The summed E-state index contributed by atoms with van der Waals surface area (Å²) >= 11 is 0. The van der Waals surface area contributed by atoms with E-state index in [9.17, 15) is 4.79 Å². The maximum atomic E-state index is 12.4. The smallest absolute Gasteiger partial charge is 0.228 e. The van der Waals surface area contributed by atoms with Crippen LogP contribution >= 0.6 is 0 Å². The molecule has 0 aromatic rings. The van der Waals surface area contributed by atoms with Crippen molar-refractivity contribution in [3.63, 3.8) is 0 Å². The van der Waals surface area contributed by atoms with Crippen molar-refractivity contribution in [2.24, 2.45) is 5.41 Å². The summed E-state index contributed by atoms with van der Waals surface area (Å²) in [7, 11) is 0. The van der Waals surface area contributed by atoms with E-state index in [1.54, 1.807) is 0 Å². The molecular weight excluding hydrogens is 216 g/mol. The summed E-state index contributed by atoms with van der Waals surface area (Å²) in [6.07, 6.45) is 3.14. The fourth-order valence-corrected chi connectivity index (χ4v) is 2.15. The highest BCUT2D eigenvalue weighted by Crippen LogP contribution is 2.23. The van der Waals surface area contributed by atoms with Crippen LogP contribution in [-0.2, 0) is 4.79 Å². The number of aliphatic hydroxyl groups is 1. The van der Waals surface area contributed by atoms with Gasteiger partial charge in [0.25, 0.3) is 0 Å². The maximum Gasteiger partial charge on any atom is 0.228 e. The van der Waals surface area contributed by atoms with Crippen LogP contribution in [0.25, 0.3) is 0 Å². The van der Waals surface area contributed by atoms with E-state index >= 15 is 0 Å². The molecule has 1 rings (SSSR count). The average Bonchev–Trinajstić information content (AvgIpc) is 2.80. The lowest BCUT2D eigenvalue weighted by atomic mass is 9.88. The van der Waals surface area contributed by atoms with E-state index in [0.29, 0.717) is 12.6 Å². The van der Waals surface area contributed by atoms with Gasteiger partial charge in [-0.25, -0.2) is 0 Å². The van der Waals surface area contributed by atoms with Gasteiger partial charge < -0.3 is 15.3 Å². The molecule has 0 aromatic heterocycles. The van der Waals surface area contributed by atoms with Gasteiger partial charge in [-0.1, -0.05) is 20.8 Å². The van der Waals surface area contributed by atoms with Gasteiger partial charge in [0.1, 0.15) is 0 Å². The van der Waals surface area contributed by atoms with Crippen LogP contribution in [0, 0.1) is 5.41 Å². The Balaban J connectivity index is 2.60. The maximum absolute atomic E-state index is 12.4. The summed E-state index contributed by atoms with van der Waals surface area (Å²) in [6.45, 7) is 8.23. The molecule has 1 aliphatic heterocycles. The first-order valence-corrected chi connectivity index (χ1v) is 6.65. The van der Waals surface area contributed by atoms with Gasteiger partial charge in [-0.3, -0.25) is 4.79 Å². The number of hydrogen-bond donors (Lipinski definition) is 2. The van der Waals surface area contributed by atoms with Crippen LogP contribution in [0.15, 0.2) is 0 Å². The lowest BCUT2D eigenvalue weighted by Crippen LogP contribution is -2.47. The van der Waals surface area contributed by atoms with Crippen molar-refractivity contribution in [2.45, 2.75) is 46.1 Å². The molecular formula is C13H26N2O2. The summed E-state index contributed by atoms with van der Waals surface area (Å²) in [6, 6.07) is 0.401. The summed E-state index contributed by atoms with van der Waals surface area (Å²) in [5.41, 5.74) is -0.326. The van der Waals surface area contributed by atoms with Crippen molar-refractivity contribution >= 4 is 5.91 Å². The number of hydrogen-bond acceptors (Lipinski definition) is 3. The molecule has 1 amide bonds. The van der Waals surface area contributed by atoms with Gasteiger partial charge in [-0.2, -0.15) is 0 Å². The highest BCUT2D eigenvalue weighted by Gasteiger charge is 2.31. The standard InChI is InChI=1S/C13H26N2O2/c1-4-13(2,3)12(17)15(8-9-16)10-11-6-5-7-14-11/h11,14,16H,4-10H2,1-3H3. The molecule has 4 heteroatoms. The van der Waals surface area contributed by atoms with Crippen LogP contribution in [0.2, 0.25) is 0 Å². The number of aliphatic hydroxyl groups excluding tert-OH is 1. The van der Waals surface area contributed by atoms with E-state index in [-0.39, 0.29) is 17.9 Å². The number of rotatable bonds is 6. The van der Waals surface area contributed by atoms with Gasteiger partial charge in [0, 0.05) is 24.5 Å². The third-order valence-electron chi connectivity index (χ3n) is 3.72. The van der Waals surface area contributed by atoms with Crippen molar-refractivity contribution < 1.29 is 9.90 Å². The Morgan fingerprint density at radius 1 is 1.53 bits per heavy atom. The van der Waals surface area contributed by atoms with Crippen LogP contribution < -0.4 is 5.32 Å². The topological polar surface area (TPSA) is 52.6 Å². The zero-order chi connectivity index (χ0) is 12.9. The van der Waals surface area contributed by atoms with Gasteiger partial charge >= 0.3 is 0 Å². The molecule has 0 saturated carbocycles. The van der Waals surface area contributed by atoms with Crippen LogP contribution in [0.4, 0.5) is 0 Å². The second kappa shape index (κ2) is 6.36. The van der Waals surface area contributed by atoms with E-state index in [1.165, 1.54) is 6.42 Å². The molecule has 1 unspecified atom stereocenters. The third-order valence-corrected chi connectivity index (χ3v) is 3.72. The summed E-state index contributed by atoms with van der Waals surface area (Å²) in [5.74, 6) is 0.155. The first-order valence-electron chi connectivity index (χ1n) is 6.65. The molecule has 4 nitrogen and oxygen atoms in total. The van der Waals surface area contributed by atoms with Crippen LogP contribution in [0.5, 0.6) is 0 Å². The molecule has 1 saturated heterocycles. The fourth-order valence-electron chi connectivity index (χ4n) is 2.15. The predicted molar refractivity (Wildman–Crippen MR) is 68.8 cm³/mol. The Kier molecular flexibility index (Phi) is 5.40. The molecule has 1 fully saturated rings. The zero-order valence-electron chi connectivity index (χ0n) is 11.3. The molecule has 1 aliphatic rings. The number of amides is 1. The van der Waals surface area contributed by atoms with Gasteiger partial charge in [0.15, 0.2) is 0 Å². The van der Waals surface area contributed by atoms with Crippen molar-refractivity contribution in [3.8, 4) is 0 Å². The van der Waals surface area contributed by atoms with E-state index in [2.05, 4.69) is 5.32 Å². The van der Waals surface area contributed by atoms with Crippen molar-refractivity contribution in [1.82, 2.24) is 10.2 Å². The second-order valence-corrected chi connectivity index (χ2v) is 5.51. The Morgan fingerprint density at radius 3 is 2.71 bits per heavy atom. The highest BCUT2D eigenvalue weighted by atomic mass is 16.3. The predicted octanol–water partition coefficient (Wildman–Crippen LogP) is 0.996. The normalized spacial score (nSPS) is 20.6. The molecule has 0 aliphatic carbocycles. The van der Waals surface area contributed by atoms with E-state index < -0.39 is 0 Å². The third kappa shape index (κ3) is 3.96. The number of nitrogens with one attached hydrogen (secondary N) is 1. The number of carbonyl (C=O) groups is 1. The van der Waals surface area contributed by atoms with Crippen LogP contribution in [0.1, 0.15) is 40.0 Å². The summed E-state index contributed by atoms with van der Waals surface area (Å²) in [4.78, 5) is 14.2. The largest absolute Gasteiger partial charge is 0.395 e.